The molecule has 2 N–H and O–H groups in total. The molecule has 2 atom stereocenters. The molecule has 0 saturated heterocycles. The zero-order chi connectivity index (χ0) is 16.0. The third-order valence-electron chi connectivity index (χ3n) is 4.86. The van der Waals surface area contributed by atoms with Crippen molar-refractivity contribution in [3.63, 3.8) is 0 Å². The summed E-state index contributed by atoms with van der Waals surface area (Å²) in [6.07, 6.45) is 6.27. The predicted octanol–water partition coefficient (Wildman–Crippen LogP) is 2.66. The van der Waals surface area contributed by atoms with Crippen LogP contribution >= 0.6 is 0 Å². The molecule has 21 heavy (non-hydrogen) atoms. The highest BCUT2D eigenvalue weighted by atomic mass is 16.5. The highest BCUT2D eigenvalue weighted by Crippen LogP contribution is 2.35. The predicted molar refractivity (Wildman–Crippen MR) is 85.0 cm³/mol. The number of hydrogen-bond donors (Lipinski definition) is 2. The lowest BCUT2D eigenvalue weighted by molar-refractivity contribution is -0.111. The lowest BCUT2D eigenvalue weighted by Crippen LogP contribution is -2.44. The Morgan fingerprint density at radius 2 is 1.95 bits per heavy atom. The number of nitrogens with one attached hydrogen (secondary N) is 1. The third kappa shape index (κ3) is 5.11. The van der Waals surface area contributed by atoms with Crippen LogP contribution in [0, 0.1) is 11.8 Å². The summed E-state index contributed by atoms with van der Waals surface area (Å²) in [5.74, 6) is 0.689. The van der Waals surface area contributed by atoms with E-state index in [9.17, 15) is 9.90 Å². The Labute approximate surface area is 129 Å². The second-order valence-electron chi connectivity index (χ2n) is 6.94. The molecule has 0 aliphatic heterocycles. The number of hydrogen-bond acceptors (Lipinski definition) is 3. The number of rotatable bonds is 7. The van der Waals surface area contributed by atoms with Crippen molar-refractivity contribution in [3.05, 3.63) is 11.6 Å². The zero-order valence-electron chi connectivity index (χ0n) is 14.1. The molecule has 1 aliphatic carbocycles. The van der Waals surface area contributed by atoms with Crippen LogP contribution in [-0.2, 0) is 9.53 Å². The van der Waals surface area contributed by atoms with Crippen LogP contribution in [0.25, 0.3) is 0 Å². The van der Waals surface area contributed by atoms with Crippen molar-refractivity contribution in [2.75, 3.05) is 7.11 Å². The highest BCUT2D eigenvalue weighted by Gasteiger charge is 2.31. The van der Waals surface area contributed by atoms with Crippen molar-refractivity contribution in [1.82, 2.24) is 5.32 Å². The van der Waals surface area contributed by atoms with Gasteiger partial charge < -0.3 is 15.2 Å². The molecule has 122 valence electrons. The second kappa shape index (κ2) is 7.95. The number of allylic oxidation sites excluding steroid dienone is 1. The van der Waals surface area contributed by atoms with Crippen molar-refractivity contribution in [2.24, 2.45) is 11.8 Å². The van der Waals surface area contributed by atoms with Crippen LogP contribution in [-0.4, -0.2) is 36.4 Å². The molecular weight excluding hydrogens is 266 g/mol. The monoisotopic (exact) mass is 297 g/mol. The minimum Gasteiger partial charge on any atom is -0.390 e. The van der Waals surface area contributed by atoms with E-state index in [0.29, 0.717) is 5.92 Å². The Balaban J connectivity index is 2.65. The van der Waals surface area contributed by atoms with E-state index in [0.717, 1.165) is 32.1 Å². The van der Waals surface area contributed by atoms with Crippen molar-refractivity contribution in [1.29, 1.82) is 0 Å². The molecule has 0 spiro atoms. The molecule has 4 nitrogen and oxygen atoms in total. The summed E-state index contributed by atoms with van der Waals surface area (Å²) in [7, 11) is 1.64. The number of carbonyl (C=O) groups excluding carboxylic acids is 1. The fraction of sp³-hybridized carbons (Fsp3) is 0.824. The van der Waals surface area contributed by atoms with E-state index in [1.54, 1.807) is 7.11 Å². The number of methoxy groups -OCH3 is 1. The largest absolute Gasteiger partial charge is 0.390 e. The van der Waals surface area contributed by atoms with Gasteiger partial charge in [0.1, 0.15) is 6.10 Å². The molecule has 0 aromatic heterocycles. The molecule has 4 heteroatoms. The maximum absolute atomic E-state index is 10.6. The molecule has 0 bridgehead atoms. The van der Waals surface area contributed by atoms with Gasteiger partial charge in [0.15, 0.2) is 0 Å². The van der Waals surface area contributed by atoms with E-state index < -0.39 is 6.10 Å². The van der Waals surface area contributed by atoms with E-state index in [2.05, 4.69) is 25.2 Å². The van der Waals surface area contributed by atoms with Gasteiger partial charge in [0.2, 0.25) is 6.41 Å². The first kappa shape index (κ1) is 18.2. The van der Waals surface area contributed by atoms with Crippen LogP contribution in [0.3, 0.4) is 0 Å². The van der Waals surface area contributed by atoms with Crippen molar-refractivity contribution in [2.45, 2.75) is 71.1 Å². The van der Waals surface area contributed by atoms with Gasteiger partial charge in [-0.15, -0.1) is 0 Å². The first-order valence-corrected chi connectivity index (χ1v) is 7.93. The van der Waals surface area contributed by atoms with E-state index in [1.165, 1.54) is 5.57 Å². The molecule has 0 unspecified atom stereocenters. The van der Waals surface area contributed by atoms with Crippen molar-refractivity contribution in [3.8, 4) is 0 Å². The van der Waals surface area contributed by atoms with Crippen molar-refractivity contribution < 1.29 is 14.6 Å². The lowest BCUT2D eigenvalue weighted by atomic mass is 9.75. The summed E-state index contributed by atoms with van der Waals surface area (Å²) in [5, 5.41) is 13.1. The summed E-state index contributed by atoms with van der Waals surface area (Å²) in [4.78, 5) is 10.6. The summed E-state index contributed by atoms with van der Waals surface area (Å²) in [5.41, 5.74) is 1.23. The molecule has 1 rings (SSSR count). The van der Waals surface area contributed by atoms with Gasteiger partial charge in [0.05, 0.1) is 6.10 Å². The number of amides is 1. The van der Waals surface area contributed by atoms with Gasteiger partial charge in [-0.25, -0.2) is 0 Å². The summed E-state index contributed by atoms with van der Waals surface area (Å²) in [6, 6.07) is 0. The van der Waals surface area contributed by atoms with Crippen molar-refractivity contribution >= 4 is 6.41 Å². The lowest BCUT2D eigenvalue weighted by Gasteiger charge is -2.37. The number of aliphatic hydroxyl groups excluding tert-OH is 1. The molecule has 0 aromatic rings. The average Bonchev–Trinajstić information content (AvgIpc) is 2.44. The fourth-order valence-corrected chi connectivity index (χ4v) is 3.08. The second-order valence-corrected chi connectivity index (χ2v) is 6.94. The van der Waals surface area contributed by atoms with Crippen LogP contribution in [0.1, 0.15) is 53.4 Å². The van der Waals surface area contributed by atoms with Gasteiger partial charge in [-0.1, -0.05) is 25.5 Å². The molecule has 1 saturated carbocycles. The maximum Gasteiger partial charge on any atom is 0.207 e. The standard InChI is InChI=1S/C17H31NO3/c1-12(2)16(20)15(21-5)10-13(3)14-6-8-17(4,9-7-14)18-11-19/h10-12,14-16,20H,6-9H2,1-5H3,(H,18,19)/b13-10+/t14?,15-,16+,17?/m1/s1. The van der Waals surface area contributed by atoms with E-state index in [4.69, 9.17) is 4.74 Å². The molecule has 1 fully saturated rings. The third-order valence-corrected chi connectivity index (χ3v) is 4.86. The molecule has 0 radical (unpaired) electrons. The molecule has 1 aliphatic rings. The SMILES string of the molecule is CO[C@H](/C=C(\C)C1CCC(C)(NC=O)CC1)[C@@H](O)C(C)C. The smallest absolute Gasteiger partial charge is 0.207 e. The number of ether oxygens (including phenoxy) is 1. The maximum atomic E-state index is 10.6. The Morgan fingerprint density at radius 3 is 2.38 bits per heavy atom. The minimum atomic E-state index is -0.476. The Bertz CT molecular complexity index is 357. The topological polar surface area (TPSA) is 58.6 Å². The van der Waals surface area contributed by atoms with Crippen LogP contribution < -0.4 is 5.32 Å². The van der Waals surface area contributed by atoms with E-state index >= 15 is 0 Å². The van der Waals surface area contributed by atoms with Gasteiger partial charge in [-0.3, -0.25) is 4.79 Å². The van der Waals surface area contributed by atoms with Gasteiger partial charge >= 0.3 is 0 Å². The molecular formula is C17H31NO3. The van der Waals surface area contributed by atoms with Gasteiger partial charge in [0.25, 0.3) is 0 Å². The fourth-order valence-electron chi connectivity index (χ4n) is 3.08. The number of aliphatic hydroxyl groups is 1. The van der Waals surface area contributed by atoms with Gasteiger partial charge in [0, 0.05) is 12.6 Å². The first-order chi connectivity index (χ1) is 9.83. The average molecular weight is 297 g/mol. The quantitative estimate of drug-likeness (QED) is 0.561. The van der Waals surface area contributed by atoms with E-state index in [-0.39, 0.29) is 17.6 Å². The molecule has 0 aromatic carbocycles. The molecule has 0 heterocycles. The first-order valence-electron chi connectivity index (χ1n) is 7.93. The summed E-state index contributed by atoms with van der Waals surface area (Å²) in [6.45, 7) is 8.23. The Morgan fingerprint density at radius 1 is 1.38 bits per heavy atom. The van der Waals surface area contributed by atoms with Crippen LogP contribution in [0.15, 0.2) is 11.6 Å². The zero-order valence-corrected chi connectivity index (χ0v) is 14.1. The number of carbonyl (C=O) groups is 1. The Hall–Kier alpha value is -0.870. The minimum absolute atomic E-state index is 0.0589. The normalized spacial score (nSPS) is 30.0. The van der Waals surface area contributed by atoms with Gasteiger partial charge in [-0.05, 0) is 51.4 Å². The summed E-state index contributed by atoms with van der Waals surface area (Å²) >= 11 is 0. The highest BCUT2D eigenvalue weighted by molar-refractivity contribution is 5.47. The summed E-state index contributed by atoms with van der Waals surface area (Å²) < 4.78 is 5.43. The molecule has 1 amide bonds. The van der Waals surface area contributed by atoms with Crippen LogP contribution in [0.2, 0.25) is 0 Å². The van der Waals surface area contributed by atoms with E-state index in [1.807, 2.05) is 13.8 Å². The van der Waals surface area contributed by atoms with Crippen LogP contribution in [0.5, 0.6) is 0 Å². The van der Waals surface area contributed by atoms with Crippen LogP contribution in [0.4, 0.5) is 0 Å². The Kier molecular flexibility index (Phi) is 6.88. The van der Waals surface area contributed by atoms with Gasteiger partial charge in [-0.2, -0.15) is 0 Å².